The lowest BCUT2D eigenvalue weighted by Crippen LogP contribution is -2.38. The minimum absolute atomic E-state index is 0.188. The molecule has 0 aromatic heterocycles. The Morgan fingerprint density at radius 3 is 2.73 bits per heavy atom. The minimum atomic E-state index is -0.448. The Hall–Kier alpha value is -3.06. The van der Waals surface area contributed by atoms with Gasteiger partial charge >= 0.3 is 0 Å². The fourth-order valence-electron chi connectivity index (χ4n) is 3.22. The third kappa shape index (κ3) is 5.30. The average Bonchev–Trinajstić information content (AvgIpc) is 2.78. The first-order valence-electron chi connectivity index (χ1n) is 9.88. The maximum absolute atomic E-state index is 13.9. The first kappa shape index (κ1) is 21.6. The topological polar surface area (TPSA) is 60.0 Å². The minimum Gasteiger partial charge on any atom is -0.493 e. The number of halogens is 1. The number of ether oxygens (including phenoxy) is 3. The van der Waals surface area contributed by atoms with Gasteiger partial charge in [-0.3, -0.25) is 4.79 Å². The van der Waals surface area contributed by atoms with Gasteiger partial charge in [-0.15, -0.1) is 0 Å². The normalized spacial score (nSPS) is 14.7. The number of rotatable bonds is 8. The van der Waals surface area contributed by atoms with Crippen LogP contribution in [0.3, 0.4) is 0 Å². The summed E-state index contributed by atoms with van der Waals surface area (Å²) in [5.74, 6) is 0.374. The van der Waals surface area contributed by atoms with Gasteiger partial charge in [-0.1, -0.05) is 18.7 Å². The predicted molar refractivity (Wildman–Crippen MR) is 114 cm³/mol. The molecule has 3 rings (SSSR count). The number of methoxy groups -OCH3 is 1. The summed E-state index contributed by atoms with van der Waals surface area (Å²) in [6.45, 7) is 8.33. The van der Waals surface area contributed by atoms with E-state index in [9.17, 15) is 9.18 Å². The SMILES string of the molecule is C=CC(C)Oc1cc(CNC(=O)c2cc(F)ccc2N2CCOCC2)ccc1OC. The molecule has 2 aromatic rings. The van der Waals surface area contributed by atoms with Gasteiger partial charge in [-0.2, -0.15) is 0 Å². The van der Waals surface area contributed by atoms with E-state index in [0.29, 0.717) is 49.1 Å². The van der Waals surface area contributed by atoms with Crippen LogP contribution in [0.1, 0.15) is 22.8 Å². The van der Waals surface area contributed by atoms with Gasteiger partial charge in [0.25, 0.3) is 5.91 Å². The Morgan fingerprint density at radius 1 is 1.27 bits per heavy atom. The Bertz CT molecular complexity index is 897. The molecule has 1 unspecified atom stereocenters. The number of hydrogen-bond acceptors (Lipinski definition) is 5. The van der Waals surface area contributed by atoms with E-state index in [-0.39, 0.29) is 18.6 Å². The lowest BCUT2D eigenvalue weighted by atomic mass is 10.1. The second-order valence-corrected chi connectivity index (χ2v) is 6.99. The van der Waals surface area contributed by atoms with Gasteiger partial charge in [0, 0.05) is 25.3 Å². The van der Waals surface area contributed by atoms with Gasteiger partial charge in [0.1, 0.15) is 11.9 Å². The molecule has 1 atom stereocenters. The van der Waals surface area contributed by atoms with Crippen molar-refractivity contribution < 1.29 is 23.4 Å². The number of anilines is 1. The maximum Gasteiger partial charge on any atom is 0.253 e. The van der Waals surface area contributed by atoms with E-state index < -0.39 is 5.82 Å². The van der Waals surface area contributed by atoms with Crippen LogP contribution in [-0.4, -0.2) is 45.4 Å². The van der Waals surface area contributed by atoms with Crippen molar-refractivity contribution in [3.05, 3.63) is 66.0 Å². The molecule has 0 radical (unpaired) electrons. The number of benzene rings is 2. The van der Waals surface area contributed by atoms with E-state index in [2.05, 4.69) is 11.9 Å². The zero-order valence-electron chi connectivity index (χ0n) is 17.3. The molecule has 1 heterocycles. The van der Waals surface area contributed by atoms with Crippen LogP contribution in [0.2, 0.25) is 0 Å². The van der Waals surface area contributed by atoms with E-state index in [4.69, 9.17) is 14.2 Å². The molecule has 160 valence electrons. The molecule has 30 heavy (non-hydrogen) atoms. The van der Waals surface area contributed by atoms with Crippen LogP contribution in [0.4, 0.5) is 10.1 Å². The van der Waals surface area contributed by atoms with Gasteiger partial charge in [0.05, 0.1) is 25.9 Å². The van der Waals surface area contributed by atoms with Crippen LogP contribution in [0.5, 0.6) is 11.5 Å². The molecule has 1 fully saturated rings. The Balaban J connectivity index is 1.75. The van der Waals surface area contributed by atoms with Crippen molar-refractivity contribution in [1.29, 1.82) is 0 Å². The van der Waals surface area contributed by atoms with Crippen LogP contribution < -0.4 is 19.7 Å². The van der Waals surface area contributed by atoms with Crippen molar-refractivity contribution in [2.75, 3.05) is 38.3 Å². The largest absolute Gasteiger partial charge is 0.493 e. The van der Waals surface area contributed by atoms with Crippen LogP contribution >= 0.6 is 0 Å². The van der Waals surface area contributed by atoms with E-state index in [0.717, 1.165) is 5.56 Å². The fourth-order valence-corrected chi connectivity index (χ4v) is 3.22. The Morgan fingerprint density at radius 2 is 2.03 bits per heavy atom. The van der Waals surface area contributed by atoms with E-state index in [1.54, 1.807) is 25.3 Å². The van der Waals surface area contributed by atoms with Crippen molar-refractivity contribution in [1.82, 2.24) is 5.32 Å². The van der Waals surface area contributed by atoms with Crippen LogP contribution in [0.25, 0.3) is 0 Å². The predicted octanol–water partition coefficient (Wildman–Crippen LogP) is 3.55. The highest BCUT2D eigenvalue weighted by Gasteiger charge is 2.20. The lowest BCUT2D eigenvalue weighted by molar-refractivity contribution is 0.0949. The highest BCUT2D eigenvalue weighted by atomic mass is 19.1. The third-order valence-electron chi connectivity index (χ3n) is 4.88. The number of nitrogens with one attached hydrogen (secondary N) is 1. The van der Waals surface area contributed by atoms with E-state index >= 15 is 0 Å². The standard InChI is InChI=1S/C23H27FN2O4/c1-4-16(2)30-22-13-17(5-8-21(22)28-3)15-25-23(27)19-14-18(24)6-7-20(19)26-9-11-29-12-10-26/h4-8,13-14,16H,1,9-12,15H2,2-3H3,(H,25,27). The fraction of sp³-hybridized carbons (Fsp3) is 0.348. The molecular formula is C23H27FN2O4. The monoisotopic (exact) mass is 414 g/mol. The van der Waals surface area contributed by atoms with Gasteiger partial charge < -0.3 is 24.4 Å². The number of carbonyl (C=O) groups is 1. The van der Waals surface area contributed by atoms with Gasteiger partial charge in [0.15, 0.2) is 11.5 Å². The second-order valence-electron chi connectivity index (χ2n) is 6.99. The average molecular weight is 414 g/mol. The van der Waals surface area contributed by atoms with Crippen molar-refractivity contribution in [2.45, 2.75) is 19.6 Å². The highest BCUT2D eigenvalue weighted by Crippen LogP contribution is 2.29. The van der Waals surface area contributed by atoms with Crippen molar-refractivity contribution >= 4 is 11.6 Å². The van der Waals surface area contributed by atoms with Gasteiger partial charge in [-0.25, -0.2) is 4.39 Å². The van der Waals surface area contributed by atoms with Crippen LogP contribution in [0.15, 0.2) is 49.1 Å². The molecular weight excluding hydrogens is 387 g/mol. The number of morpholine rings is 1. The molecule has 7 heteroatoms. The smallest absolute Gasteiger partial charge is 0.253 e. The number of carbonyl (C=O) groups excluding carboxylic acids is 1. The molecule has 1 saturated heterocycles. The molecule has 1 N–H and O–H groups in total. The molecule has 6 nitrogen and oxygen atoms in total. The summed E-state index contributed by atoms with van der Waals surface area (Å²) in [5.41, 5.74) is 1.85. The first-order chi connectivity index (χ1) is 14.5. The molecule has 1 aliphatic heterocycles. The van der Waals surface area contributed by atoms with Gasteiger partial charge in [-0.05, 0) is 42.8 Å². The molecule has 0 bridgehead atoms. The highest BCUT2D eigenvalue weighted by molar-refractivity contribution is 5.99. The quantitative estimate of drug-likeness (QED) is 0.670. The van der Waals surface area contributed by atoms with E-state index in [1.165, 1.54) is 12.1 Å². The maximum atomic E-state index is 13.9. The summed E-state index contributed by atoms with van der Waals surface area (Å²) in [5, 5.41) is 2.87. The molecule has 0 spiro atoms. The summed E-state index contributed by atoms with van der Waals surface area (Å²) < 4.78 is 30.4. The zero-order valence-corrected chi connectivity index (χ0v) is 17.3. The van der Waals surface area contributed by atoms with Crippen molar-refractivity contribution in [3.8, 4) is 11.5 Å². The van der Waals surface area contributed by atoms with Crippen LogP contribution in [0, 0.1) is 5.82 Å². The summed E-state index contributed by atoms with van der Waals surface area (Å²) >= 11 is 0. The van der Waals surface area contributed by atoms with Gasteiger partial charge in [0.2, 0.25) is 0 Å². The first-order valence-corrected chi connectivity index (χ1v) is 9.88. The lowest BCUT2D eigenvalue weighted by Gasteiger charge is -2.30. The summed E-state index contributed by atoms with van der Waals surface area (Å²) in [7, 11) is 1.57. The number of amides is 1. The van der Waals surface area contributed by atoms with Crippen molar-refractivity contribution in [3.63, 3.8) is 0 Å². The molecule has 0 saturated carbocycles. The zero-order chi connectivity index (χ0) is 21.5. The summed E-state index contributed by atoms with van der Waals surface area (Å²) in [6.07, 6.45) is 1.50. The molecule has 2 aromatic carbocycles. The number of hydrogen-bond donors (Lipinski definition) is 1. The van der Waals surface area contributed by atoms with Crippen molar-refractivity contribution in [2.24, 2.45) is 0 Å². The molecule has 1 aliphatic rings. The second kappa shape index (κ2) is 10.1. The molecule has 1 amide bonds. The molecule has 0 aliphatic carbocycles. The summed E-state index contributed by atoms with van der Waals surface area (Å²) in [6, 6.07) is 9.73. The van der Waals surface area contributed by atoms with E-state index in [1.807, 2.05) is 24.0 Å². The Labute approximate surface area is 176 Å². The number of nitrogens with zero attached hydrogens (tertiary/aromatic N) is 1. The third-order valence-corrected chi connectivity index (χ3v) is 4.88. The Kier molecular flexibility index (Phi) is 7.30. The van der Waals surface area contributed by atoms with Crippen LogP contribution in [-0.2, 0) is 11.3 Å². The summed E-state index contributed by atoms with van der Waals surface area (Å²) in [4.78, 5) is 14.9.